The zero-order chi connectivity index (χ0) is 32.1. The topological polar surface area (TPSA) is 54.0 Å². The fourth-order valence-electron chi connectivity index (χ4n) is 5.33. The van der Waals surface area contributed by atoms with Crippen LogP contribution in [-0.4, -0.2) is 50.5 Å². The monoisotopic (exact) mass is 614 g/mol. The van der Waals surface area contributed by atoms with E-state index in [-0.39, 0.29) is 24.2 Å². The largest absolute Gasteiger partial charge is 0.489 e. The van der Waals surface area contributed by atoms with Crippen molar-refractivity contribution in [2.24, 2.45) is 0 Å². The van der Waals surface area contributed by atoms with Gasteiger partial charge in [0.25, 0.3) is 0 Å². The summed E-state index contributed by atoms with van der Waals surface area (Å²) in [4.78, 5) is 11.6. The maximum atomic E-state index is 13.7. The molecule has 0 N–H and O–H groups in total. The molecule has 43 heavy (non-hydrogen) atoms. The van der Waals surface area contributed by atoms with Crippen molar-refractivity contribution in [3.05, 3.63) is 64.2 Å². The lowest BCUT2D eigenvalue weighted by Crippen LogP contribution is -2.58. The van der Waals surface area contributed by atoms with Gasteiger partial charge in [0, 0.05) is 24.5 Å². The van der Waals surface area contributed by atoms with Crippen LogP contribution in [0.5, 0.6) is 5.75 Å². The molecule has 1 heterocycles. The normalized spacial score (nSPS) is 16.3. The number of carbonyl (C=O) groups is 1. The number of esters is 1. The Bertz CT molecular complexity index is 1320. The van der Waals surface area contributed by atoms with Gasteiger partial charge in [-0.2, -0.15) is 26.3 Å². The Morgan fingerprint density at radius 3 is 2.05 bits per heavy atom. The molecule has 0 spiro atoms. The van der Waals surface area contributed by atoms with Gasteiger partial charge in [-0.1, -0.05) is 44.0 Å². The van der Waals surface area contributed by atoms with Crippen LogP contribution >= 0.6 is 0 Å². The number of methoxy groups -OCH3 is 1. The Balaban J connectivity index is 1.94. The highest BCUT2D eigenvalue weighted by Crippen LogP contribution is 2.46. The predicted molar refractivity (Wildman–Crippen MR) is 148 cm³/mol. The molecule has 2 aromatic rings. The Morgan fingerprint density at radius 2 is 1.53 bits per heavy atom. The van der Waals surface area contributed by atoms with Gasteiger partial charge in [-0.25, -0.2) is 0 Å². The molecule has 0 saturated carbocycles. The molecule has 0 aliphatic carbocycles. The van der Waals surface area contributed by atoms with Crippen LogP contribution in [0, 0.1) is 25.7 Å². The zero-order valence-corrected chi connectivity index (χ0v) is 24.8. The number of rotatable bonds is 10. The third kappa shape index (κ3) is 7.29. The van der Waals surface area contributed by atoms with Crippen LogP contribution in [0.15, 0.2) is 36.4 Å². The first-order valence-electron chi connectivity index (χ1n) is 14.0. The standard InChI is InChI=1S/C32H36F6O5/c1-6-29(7-2,25-13-14-27(22(4)18-25)41-19-26-9-8-10-28(39)43-26)24-12-11-23(21(3)17-24)15-16-30(31(33,34)35,32(36,37)38)42-20-40-5/h11-14,17-18,26H,6-10,19-20H2,1-5H3/t26-/m1/s1. The molecule has 0 amide bonds. The molecule has 236 valence electrons. The maximum Gasteiger partial charge on any atom is 0.438 e. The van der Waals surface area contributed by atoms with Gasteiger partial charge in [-0.3, -0.25) is 4.79 Å². The smallest absolute Gasteiger partial charge is 0.438 e. The van der Waals surface area contributed by atoms with Crippen molar-refractivity contribution in [1.29, 1.82) is 0 Å². The summed E-state index contributed by atoms with van der Waals surface area (Å²) >= 11 is 0. The SMILES string of the molecule is CCC(CC)(c1ccc(C#CC(OCOC)(C(F)(F)F)C(F)(F)F)c(C)c1)c1ccc(OC[C@H]2CCCC(=O)O2)c(C)c1. The Hall–Kier alpha value is -3.23. The number of carbonyl (C=O) groups excluding carboxylic acids is 1. The summed E-state index contributed by atoms with van der Waals surface area (Å²) in [5.41, 5.74) is -2.09. The molecule has 11 heteroatoms. The van der Waals surface area contributed by atoms with Gasteiger partial charge in [-0.15, -0.1) is 0 Å². The zero-order valence-electron chi connectivity index (χ0n) is 24.8. The minimum atomic E-state index is -5.86. The number of ether oxygens (including phenoxy) is 4. The molecule has 0 aromatic heterocycles. The van der Waals surface area contributed by atoms with Gasteiger partial charge in [0.15, 0.2) is 0 Å². The number of hydrogen-bond donors (Lipinski definition) is 0. The van der Waals surface area contributed by atoms with Crippen LogP contribution in [0.1, 0.15) is 73.8 Å². The van der Waals surface area contributed by atoms with Gasteiger partial charge >= 0.3 is 23.9 Å². The van der Waals surface area contributed by atoms with E-state index in [0.717, 1.165) is 36.6 Å². The van der Waals surface area contributed by atoms with Crippen molar-refractivity contribution in [3.8, 4) is 17.6 Å². The first-order valence-corrected chi connectivity index (χ1v) is 14.0. The summed E-state index contributed by atoms with van der Waals surface area (Å²) in [5, 5.41) is 0. The summed E-state index contributed by atoms with van der Waals surface area (Å²) in [6.07, 6.45) is -8.76. The number of cyclic esters (lactones) is 1. The Kier molecular flexibility index (Phi) is 10.8. The van der Waals surface area contributed by atoms with Crippen molar-refractivity contribution in [3.63, 3.8) is 0 Å². The molecule has 1 aliphatic rings. The van der Waals surface area contributed by atoms with E-state index in [1.165, 1.54) is 12.0 Å². The van der Waals surface area contributed by atoms with Crippen LogP contribution in [-0.2, 0) is 24.4 Å². The minimum Gasteiger partial charge on any atom is -0.489 e. The van der Waals surface area contributed by atoms with E-state index < -0.39 is 30.2 Å². The molecule has 0 radical (unpaired) electrons. The van der Waals surface area contributed by atoms with Crippen LogP contribution in [0.25, 0.3) is 0 Å². The summed E-state index contributed by atoms with van der Waals surface area (Å²) < 4.78 is 102. The van der Waals surface area contributed by atoms with Gasteiger partial charge in [0.2, 0.25) is 0 Å². The van der Waals surface area contributed by atoms with Crippen LogP contribution in [0.2, 0.25) is 0 Å². The van der Waals surface area contributed by atoms with Crippen molar-refractivity contribution in [2.45, 2.75) is 89.3 Å². The molecule has 1 atom stereocenters. The number of hydrogen-bond acceptors (Lipinski definition) is 5. The van der Waals surface area contributed by atoms with Gasteiger partial charge in [0.1, 0.15) is 25.3 Å². The van der Waals surface area contributed by atoms with Crippen molar-refractivity contribution < 1.29 is 50.1 Å². The Labute approximate surface area is 247 Å². The average Bonchev–Trinajstić information content (AvgIpc) is 2.93. The highest BCUT2D eigenvalue weighted by Gasteiger charge is 2.72. The number of halogens is 6. The number of benzene rings is 2. The third-order valence-corrected chi connectivity index (χ3v) is 7.91. The molecule has 1 fully saturated rings. The molecule has 3 rings (SSSR count). The van der Waals surface area contributed by atoms with E-state index >= 15 is 0 Å². The lowest BCUT2D eigenvalue weighted by Gasteiger charge is -2.34. The fourth-order valence-corrected chi connectivity index (χ4v) is 5.33. The van der Waals surface area contributed by atoms with Crippen molar-refractivity contribution in [2.75, 3.05) is 20.5 Å². The molecule has 5 nitrogen and oxygen atoms in total. The van der Waals surface area contributed by atoms with E-state index in [2.05, 4.69) is 15.4 Å². The molecule has 1 saturated heterocycles. The minimum absolute atomic E-state index is 0.00656. The predicted octanol–water partition coefficient (Wildman–Crippen LogP) is 7.72. The molecule has 0 bridgehead atoms. The van der Waals surface area contributed by atoms with Crippen LogP contribution in [0.4, 0.5) is 26.3 Å². The van der Waals surface area contributed by atoms with E-state index in [4.69, 9.17) is 9.47 Å². The third-order valence-electron chi connectivity index (χ3n) is 7.91. The number of aryl methyl sites for hydroxylation is 2. The van der Waals surface area contributed by atoms with Crippen LogP contribution in [0.3, 0.4) is 0 Å². The van der Waals surface area contributed by atoms with E-state index in [0.29, 0.717) is 30.6 Å². The molecule has 0 unspecified atom stereocenters. The summed E-state index contributed by atoms with van der Waals surface area (Å²) in [6, 6.07) is 10.7. The van der Waals surface area contributed by atoms with Gasteiger partial charge in [-0.05, 0) is 79.8 Å². The van der Waals surface area contributed by atoms with Crippen LogP contribution < -0.4 is 4.74 Å². The quantitative estimate of drug-likeness (QED) is 0.119. The molecular formula is C32H36F6O5. The molecule has 1 aliphatic heterocycles. The number of alkyl halides is 6. The highest BCUT2D eigenvalue weighted by atomic mass is 19.4. The second-order valence-corrected chi connectivity index (χ2v) is 10.6. The second-order valence-electron chi connectivity index (χ2n) is 10.6. The lowest BCUT2D eigenvalue weighted by atomic mass is 9.70. The lowest BCUT2D eigenvalue weighted by molar-refractivity contribution is -0.368. The van der Waals surface area contributed by atoms with E-state index in [9.17, 15) is 31.1 Å². The van der Waals surface area contributed by atoms with Crippen molar-refractivity contribution >= 4 is 5.97 Å². The summed E-state index contributed by atoms with van der Waals surface area (Å²) in [5.74, 6) is 3.83. The van der Waals surface area contributed by atoms with Gasteiger partial charge < -0.3 is 18.9 Å². The average molecular weight is 615 g/mol. The molecular weight excluding hydrogens is 578 g/mol. The van der Waals surface area contributed by atoms with E-state index in [1.807, 2.05) is 39.0 Å². The summed E-state index contributed by atoms with van der Waals surface area (Å²) in [7, 11) is 0.916. The van der Waals surface area contributed by atoms with E-state index in [1.54, 1.807) is 19.1 Å². The summed E-state index contributed by atoms with van der Waals surface area (Å²) in [6.45, 7) is 6.52. The second kappa shape index (κ2) is 13.6. The van der Waals surface area contributed by atoms with Crippen molar-refractivity contribution in [1.82, 2.24) is 0 Å². The fraction of sp³-hybridized carbons (Fsp3) is 0.531. The van der Waals surface area contributed by atoms with Gasteiger partial charge in [0.05, 0.1) is 0 Å². The highest BCUT2D eigenvalue weighted by molar-refractivity contribution is 5.70. The first kappa shape index (κ1) is 34.3. The Morgan fingerprint density at radius 1 is 0.930 bits per heavy atom. The maximum absolute atomic E-state index is 13.7. The molecule has 2 aromatic carbocycles. The first-order chi connectivity index (χ1) is 20.1.